The molecular formula is C8H15NO. The van der Waals surface area contributed by atoms with E-state index < -0.39 is 0 Å². The van der Waals surface area contributed by atoms with E-state index in [1.54, 1.807) is 0 Å². The molecule has 0 aromatic heterocycles. The minimum absolute atomic E-state index is 0.507. The second-order valence-corrected chi connectivity index (χ2v) is 3.38. The van der Waals surface area contributed by atoms with Gasteiger partial charge in [0.2, 0.25) is 0 Å². The summed E-state index contributed by atoms with van der Waals surface area (Å²) in [5, 5.41) is 3.49. The highest BCUT2D eigenvalue weighted by Gasteiger charge is 2.39. The summed E-state index contributed by atoms with van der Waals surface area (Å²) >= 11 is 0. The van der Waals surface area contributed by atoms with Crippen LogP contribution in [-0.2, 0) is 4.74 Å². The first kappa shape index (κ1) is 6.62. The van der Waals surface area contributed by atoms with Gasteiger partial charge in [-0.15, -0.1) is 0 Å². The lowest BCUT2D eigenvalue weighted by Crippen LogP contribution is -2.33. The molecular weight excluding hydrogens is 126 g/mol. The fourth-order valence-corrected chi connectivity index (χ4v) is 1.89. The zero-order valence-corrected chi connectivity index (χ0v) is 6.47. The van der Waals surface area contributed by atoms with Gasteiger partial charge in [-0.2, -0.15) is 0 Å². The first-order chi connectivity index (χ1) is 4.92. The molecule has 0 bridgehead atoms. The van der Waals surface area contributed by atoms with E-state index >= 15 is 0 Å². The van der Waals surface area contributed by atoms with E-state index in [-0.39, 0.29) is 0 Å². The Morgan fingerprint density at radius 1 is 1.30 bits per heavy atom. The molecule has 2 aliphatic rings. The van der Waals surface area contributed by atoms with E-state index in [1.165, 1.54) is 19.3 Å². The first-order valence-corrected chi connectivity index (χ1v) is 4.18. The maximum absolute atomic E-state index is 5.36. The van der Waals surface area contributed by atoms with Crippen molar-refractivity contribution < 1.29 is 4.74 Å². The van der Waals surface area contributed by atoms with E-state index in [9.17, 15) is 0 Å². The molecule has 2 atom stereocenters. The SMILES string of the molecule is CO[C@H]1CCN[C@H]1C1CC1. The van der Waals surface area contributed by atoms with Crippen LogP contribution in [0.15, 0.2) is 0 Å². The number of rotatable bonds is 2. The molecule has 1 aliphatic carbocycles. The summed E-state index contributed by atoms with van der Waals surface area (Å²) in [6, 6.07) is 0.685. The van der Waals surface area contributed by atoms with Crippen LogP contribution < -0.4 is 5.32 Å². The topological polar surface area (TPSA) is 21.3 Å². The number of methoxy groups -OCH3 is 1. The quantitative estimate of drug-likeness (QED) is 0.613. The molecule has 1 heterocycles. The van der Waals surface area contributed by atoms with Crippen molar-refractivity contribution in [2.24, 2.45) is 5.92 Å². The molecule has 0 spiro atoms. The molecule has 10 heavy (non-hydrogen) atoms. The smallest absolute Gasteiger partial charge is 0.0739 e. The molecule has 1 N–H and O–H groups in total. The van der Waals surface area contributed by atoms with Gasteiger partial charge in [-0.05, 0) is 31.7 Å². The Morgan fingerprint density at radius 3 is 2.70 bits per heavy atom. The summed E-state index contributed by atoms with van der Waals surface area (Å²) in [5.74, 6) is 0.937. The van der Waals surface area contributed by atoms with E-state index in [4.69, 9.17) is 4.74 Å². The Morgan fingerprint density at radius 2 is 2.10 bits per heavy atom. The third-order valence-corrected chi connectivity index (χ3v) is 2.64. The maximum atomic E-state index is 5.36. The Labute approximate surface area is 61.9 Å². The summed E-state index contributed by atoms with van der Waals surface area (Å²) in [4.78, 5) is 0. The van der Waals surface area contributed by atoms with Crippen LogP contribution in [0.4, 0.5) is 0 Å². The van der Waals surface area contributed by atoms with Gasteiger partial charge in [0.05, 0.1) is 6.10 Å². The van der Waals surface area contributed by atoms with Gasteiger partial charge < -0.3 is 10.1 Å². The van der Waals surface area contributed by atoms with Crippen LogP contribution in [0.1, 0.15) is 19.3 Å². The highest BCUT2D eigenvalue weighted by atomic mass is 16.5. The summed E-state index contributed by atoms with van der Waals surface area (Å²) < 4.78 is 5.36. The lowest BCUT2D eigenvalue weighted by Gasteiger charge is -2.16. The van der Waals surface area contributed by atoms with Crippen molar-refractivity contribution >= 4 is 0 Å². The Balaban J connectivity index is 1.91. The predicted molar refractivity (Wildman–Crippen MR) is 39.9 cm³/mol. The second kappa shape index (κ2) is 2.51. The van der Waals surface area contributed by atoms with Gasteiger partial charge in [-0.25, -0.2) is 0 Å². The van der Waals surface area contributed by atoms with E-state index in [1.807, 2.05) is 7.11 Å². The molecule has 0 amide bonds. The average Bonchev–Trinajstić information content (AvgIpc) is 2.69. The van der Waals surface area contributed by atoms with Crippen LogP contribution in [0.5, 0.6) is 0 Å². The molecule has 1 saturated heterocycles. The largest absolute Gasteiger partial charge is 0.380 e. The summed E-state index contributed by atoms with van der Waals surface area (Å²) in [6.07, 6.45) is 4.54. The summed E-state index contributed by atoms with van der Waals surface area (Å²) in [5.41, 5.74) is 0. The van der Waals surface area contributed by atoms with Crippen LogP contribution in [0.25, 0.3) is 0 Å². The van der Waals surface area contributed by atoms with Crippen molar-refractivity contribution in [1.29, 1.82) is 0 Å². The molecule has 0 unspecified atom stereocenters. The highest BCUT2D eigenvalue weighted by Crippen LogP contribution is 2.36. The Kier molecular flexibility index (Phi) is 1.66. The minimum atomic E-state index is 0.507. The Hall–Kier alpha value is -0.0800. The van der Waals surface area contributed by atoms with E-state index in [0.29, 0.717) is 12.1 Å². The fraction of sp³-hybridized carbons (Fsp3) is 1.00. The van der Waals surface area contributed by atoms with Crippen molar-refractivity contribution in [3.05, 3.63) is 0 Å². The summed E-state index contributed by atoms with van der Waals surface area (Å²) in [7, 11) is 1.83. The number of nitrogens with one attached hydrogen (secondary N) is 1. The highest BCUT2D eigenvalue weighted by molar-refractivity contribution is 4.95. The van der Waals surface area contributed by atoms with Crippen molar-refractivity contribution in [2.75, 3.05) is 13.7 Å². The third-order valence-electron chi connectivity index (χ3n) is 2.64. The molecule has 2 nitrogen and oxygen atoms in total. The number of ether oxygens (including phenoxy) is 1. The molecule has 58 valence electrons. The summed E-state index contributed by atoms with van der Waals surface area (Å²) in [6.45, 7) is 1.15. The van der Waals surface area contributed by atoms with Crippen LogP contribution in [-0.4, -0.2) is 25.8 Å². The van der Waals surface area contributed by atoms with Gasteiger partial charge in [0.25, 0.3) is 0 Å². The third kappa shape index (κ3) is 1.06. The van der Waals surface area contributed by atoms with Crippen LogP contribution >= 0.6 is 0 Å². The van der Waals surface area contributed by atoms with Crippen molar-refractivity contribution in [3.8, 4) is 0 Å². The zero-order valence-electron chi connectivity index (χ0n) is 6.47. The maximum Gasteiger partial charge on any atom is 0.0739 e. The molecule has 1 saturated carbocycles. The van der Waals surface area contributed by atoms with Crippen molar-refractivity contribution in [2.45, 2.75) is 31.4 Å². The van der Waals surface area contributed by atoms with Gasteiger partial charge in [-0.3, -0.25) is 0 Å². The lowest BCUT2D eigenvalue weighted by molar-refractivity contribution is 0.0858. The van der Waals surface area contributed by atoms with Crippen LogP contribution in [0.2, 0.25) is 0 Å². The van der Waals surface area contributed by atoms with Crippen molar-refractivity contribution in [3.63, 3.8) is 0 Å². The van der Waals surface area contributed by atoms with Crippen LogP contribution in [0, 0.1) is 5.92 Å². The molecule has 0 aromatic carbocycles. The lowest BCUT2D eigenvalue weighted by atomic mass is 10.1. The molecule has 2 rings (SSSR count). The molecule has 2 heteroatoms. The van der Waals surface area contributed by atoms with E-state index in [0.717, 1.165) is 12.5 Å². The van der Waals surface area contributed by atoms with Gasteiger partial charge >= 0.3 is 0 Å². The number of hydrogen-bond acceptors (Lipinski definition) is 2. The second-order valence-electron chi connectivity index (χ2n) is 3.38. The van der Waals surface area contributed by atoms with E-state index in [2.05, 4.69) is 5.32 Å². The standard InChI is InChI=1S/C8H15NO/c1-10-7-4-5-9-8(7)6-2-3-6/h6-9H,2-5H2,1H3/t7-,8-/m0/s1. The van der Waals surface area contributed by atoms with Crippen molar-refractivity contribution in [1.82, 2.24) is 5.32 Å². The predicted octanol–water partition coefficient (Wildman–Crippen LogP) is 0.773. The fourth-order valence-electron chi connectivity index (χ4n) is 1.89. The van der Waals surface area contributed by atoms with Gasteiger partial charge in [0, 0.05) is 13.2 Å². The molecule has 1 aliphatic heterocycles. The average molecular weight is 141 g/mol. The first-order valence-electron chi connectivity index (χ1n) is 4.18. The van der Waals surface area contributed by atoms with Gasteiger partial charge in [0.1, 0.15) is 0 Å². The minimum Gasteiger partial charge on any atom is -0.380 e. The number of hydrogen-bond donors (Lipinski definition) is 1. The molecule has 0 radical (unpaired) electrons. The van der Waals surface area contributed by atoms with Gasteiger partial charge in [0.15, 0.2) is 0 Å². The van der Waals surface area contributed by atoms with Gasteiger partial charge in [-0.1, -0.05) is 0 Å². The normalized spacial score (nSPS) is 40.5. The molecule has 0 aromatic rings. The monoisotopic (exact) mass is 141 g/mol. The Bertz CT molecular complexity index is 122. The zero-order chi connectivity index (χ0) is 6.97. The molecule has 2 fully saturated rings. The van der Waals surface area contributed by atoms with Crippen LogP contribution in [0.3, 0.4) is 0 Å².